The second kappa shape index (κ2) is 12.1. The second-order valence-corrected chi connectivity index (χ2v) is 15.0. The molecule has 2 amide bonds. The molecule has 244 valence electrons. The Morgan fingerprint density at radius 2 is 1.81 bits per heavy atom. The maximum atomic E-state index is 14.8. The lowest BCUT2D eigenvalue weighted by atomic mass is 9.98. The molecule has 2 aliphatic carbocycles. The van der Waals surface area contributed by atoms with Crippen LogP contribution in [-0.2, 0) is 32.4 Å². The fraction of sp³-hybridized carbons (Fsp3) is 0.343. The molecule has 3 aliphatic rings. The number of rotatable bonds is 7. The summed E-state index contributed by atoms with van der Waals surface area (Å²) >= 11 is 0. The highest BCUT2D eigenvalue weighted by Gasteiger charge is 2.38. The van der Waals surface area contributed by atoms with Crippen molar-refractivity contribution in [2.75, 3.05) is 30.0 Å². The monoisotopic (exact) mass is 657 g/mol. The van der Waals surface area contributed by atoms with Crippen LogP contribution >= 0.6 is 0 Å². The van der Waals surface area contributed by atoms with Gasteiger partial charge in [-0.25, -0.2) is 17.8 Å². The number of pyridine rings is 1. The SMILES string of the molecule is CN1Cc2cc(ccc2S(=O)(=O)C2CC2)NC(=O)CCc2cc(ccc2OCC2CC2)[C@@H](Nc2ccc3c(N)ncc(F)c3c2)C1=O. The number of nitrogens with two attached hydrogens (primary N) is 1. The van der Waals surface area contributed by atoms with E-state index in [9.17, 15) is 22.4 Å². The Balaban J connectivity index is 1.30. The van der Waals surface area contributed by atoms with E-state index in [1.165, 1.54) is 11.0 Å². The molecule has 2 fully saturated rings. The maximum Gasteiger partial charge on any atom is 0.249 e. The van der Waals surface area contributed by atoms with Crippen LogP contribution in [0, 0.1) is 11.7 Å². The summed E-state index contributed by atoms with van der Waals surface area (Å²) in [6.45, 7) is 0.563. The van der Waals surface area contributed by atoms with Gasteiger partial charge in [0.25, 0.3) is 0 Å². The van der Waals surface area contributed by atoms with Gasteiger partial charge >= 0.3 is 0 Å². The van der Waals surface area contributed by atoms with E-state index in [1.807, 2.05) is 18.2 Å². The van der Waals surface area contributed by atoms with Gasteiger partial charge in [0, 0.05) is 42.2 Å². The van der Waals surface area contributed by atoms with Gasteiger partial charge in [0.15, 0.2) is 9.84 Å². The van der Waals surface area contributed by atoms with Crippen molar-refractivity contribution in [1.29, 1.82) is 0 Å². The number of nitrogens with one attached hydrogen (secondary N) is 2. The molecule has 3 aromatic carbocycles. The third kappa shape index (κ3) is 6.47. The van der Waals surface area contributed by atoms with Gasteiger partial charge in [0.1, 0.15) is 23.4 Å². The molecule has 4 bridgehead atoms. The number of ether oxygens (including phenoxy) is 1. The van der Waals surface area contributed by atoms with Crippen LogP contribution < -0.4 is 21.1 Å². The molecule has 1 aromatic heterocycles. The summed E-state index contributed by atoms with van der Waals surface area (Å²) in [5.41, 5.74) is 8.73. The van der Waals surface area contributed by atoms with Crippen molar-refractivity contribution >= 4 is 49.6 Å². The lowest BCUT2D eigenvalue weighted by Gasteiger charge is -2.28. The highest BCUT2D eigenvalue weighted by atomic mass is 32.2. The van der Waals surface area contributed by atoms with Crippen molar-refractivity contribution in [2.45, 2.75) is 61.3 Å². The molecule has 0 spiro atoms. The summed E-state index contributed by atoms with van der Waals surface area (Å²) in [7, 11) is -1.99. The standard InChI is InChI=1S/C35H36FN5O5S/c1-41-18-23-15-24(7-12-31(23)47(44,45)26-8-9-26)39-32(42)13-5-21-14-22(4-11-30(21)46-19-20-2-3-20)33(35(41)43)40-25-6-10-27-28(16-25)29(36)17-38-34(27)37/h4,6-7,10-12,14-17,20,26,33,40H,2-3,5,8-9,13,18-19H2,1H3,(H2,37,38)(H,39,42)/t33-/m1/s1. The normalized spacial score (nSPS) is 18.9. The van der Waals surface area contributed by atoms with Gasteiger partial charge < -0.3 is 26.0 Å². The van der Waals surface area contributed by atoms with Gasteiger partial charge in [-0.3, -0.25) is 9.59 Å². The fourth-order valence-electron chi connectivity index (χ4n) is 6.02. The van der Waals surface area contributed by atoms with E-state index in [2.05, 4.69) is 15.6 Å². The number of sulfone groups is 1. The van der Waals surface area contributed by atoms with Crippen LogP contribution in [-0.4, -0.2) is 49.0 Å². The number of carbonyl (C=O) groups is 2. The van der Waals surface area contributed by atoms with Crippen LogP contribution in [0.1, 0.15) is 54.8 Å². The molecule has 2 heterocycles. The van der Waals surface area contributed by atoms with Crippen LogP contribution in [0.15, 0.2) is 65.7 Å². The molecule has 10 nitrogen and oxygen atoms in total. The minimum absolute atomic E-state index is 0.0218. The number of aryl methyl sites for hydroxylation is 1. The minimum atomic E-state index is -3.60. The first-order valence-corrected chi connectivity index (χ1v) is 17.4. The Bertz CT molecular complexity index is 2010. The highest BCUT2D eigenvalue weighted by molar-refractivity contribution is 7.92. The van der Waals surface area contributed by atoms with Crippen molar-refractivity contribution in [3.63, 3.8) is 0 Å². The number of hydrogen-bond acceptors (Lipinski definition) is 8. The first-order valence-electron chi connectivity index (χ1n) is 15.8. The molecule has 4 N–H and O–H groups in total. The third-order valence-electron chi connectivity index (χ3n) is 9.04. The van der Waals surface area contributed by atoms with E-state index < -0.39 is 26.9 Å². The number of likely N-dealkylation sites (N-methyl/N-ethyl adjacent to an activating group) is 1. The molecule has 1 atom stereocenters. The first-order chi connectivity index (χ1) is 22.6. The molecule has 4 aromatic rings. The average molecular weight is 658 g/mol. The molecule has 7 rings (SSSR count). The summed E-state index contributed by atoms with van der Waals surface area (Å²) in [6.07, 6.45) is 5.00. The van der Waals surface area contributed by atoms with E-state index in [0.29, 0.717) is 65.4 Å². The Kier molecular flexibility index (Phi) is 7.99. The fourth-order valence-corrected chi connectivity index (χ4v) is 7.89. The van der Waals surface area contributed by atoms with Gasteiger partial charge in [-0.15, -0.1) is 0 Å². The number of anilines is 3. The van der Waals surface area contributed by atoms with Crippen molar-refractivity contribution < 1.29 is 27.1 Å². The Morgan fingerprint density at radius 3 is 2.57 bits per heavy atom. The lowest BCUT2D eigenvalue weighted by Crippen LogP contribution is -2.35. The zero-order valence-electron chi connectivity index (χ0n) is 26.0. The van der Waals surface area contributed by atoms with Crippen molar-refractivity contribution in [3.05, 3.63) is 83.3 Å². The van der Waals surface area contributed by atoms with Crippen LogP contribution in [0.5, 0.6) is 5.75 Å². The van der Waals surface area contributed by atoms with Gasteiger partial charge in [-0.2, -0.15) is 0 Å². The number of fused-ring (bicyclic) bond motifs is 5. The molecule has 0 saturated heterocycles. The number of nitrogen functional groups attached to an aromatic ring is 1. The van der Waals surface area contributed by atoms with Gasteiger partial charge in [0.05, 0.1) is 22.9 Å². The molecule has 0 unspecified atom stereocenters. The first kappa shape index (κ1) is 30.9. The highest BCUT2D eigenvalue weighted by Crippen LogP contribution is 2.37. The number of hydrogen-bond donors (Lipinski definition) is 3. The van der Waals surface area contributed by atoms with Crippen molar-refractivity contribution in [3.8, 4) is 5.75 Å². The van der Waals surface area contributed by atoms with Crippen LogP contribution in [0.4, 0.5) is 21.6 Å². The Hall–Kier alpha value is -4.71. The van der Waals surface area contributed by atoms with Crippen LogP contribution in [0.2, 0.25) is 0 Å². The average Bonchev–Trinajstić information content (AvgIpc) is 3.97. The molecular weight excluding hydrogens is 621 g/mol. The predicted octanol–water partition coefficient (Wildman–Crippen LogP) is 5.38. The largest absolute Gasteiger partial charge is 0.493 e. The van der Waals surface area contributed by atoms with Gasteiger partial charge in [-0.05, 0) is 103 Å². The van der Waals surface area contributed by atoms with E-state index in [0.717, 1.165) is 24.6 Å². The maximum absolute atomic E-state index is 14.8. The van der Waals surface area contributed by atoms with E-state index >= 15 is 0 Å². The number of carbonyl (C=O) groups excluding carboxylic acids is 2. The lowest BCUT2D eigenvalue weighted by molar-refractivity contribution is -0.131. The molecule has 1 aliphatic heterocycles. The third-order valence-corrected chi connectivity index (χ3v) is 11.4. The molecule has 12 heteroatoms. The summed E-state index contributed by atoms with van der Waals surface area (Å²) in [6, 6.07) is 14.3. The number of benzene rings is 3. The summed E-state index contributed by atoms with van der Waals surface area (Å²) in [4.78, 5) is 33.0. The summed E-state index contributed by atoms with van der Waals surface area (Å²) in [5, 5.41) is 6.46. The topological polar surface area (TPSA) is 144 Å². The molecule has 2 saturated carbocycles. The Labute approximate surface area is 272 Å². The quantitative estimate of drug-likeness (QED) is 0.241. The van der Waals surface area contributed by atoms with Crippen molar-refractivity contribution in [2.24, 2.45) is 5.92 Å². The van der Waals surface area contributed by atoms with Gasteiger partial charge in [0.2, 0.25) is 11.8 Å². The van der Waals surface area contributed by atoms with Crippen LogP contribution in [0.25, 0.3) is 10.8 Å². The van der Waals surface area contributed by atoms with E-state index in [-0.39, 0.29) is 40.9 Å². The zero-order valence-corrected chi connectivity index (χ0v) is 26.8. The smallest absolute Gasteiger partial charge is 0.249 e. The van der Waals surface area contributed by atoms with Crippen molar-refractivity contribution in [1.82, 2.24) is 9.88 Å². The number of amides is 2. The predicted molar refractivity (Wildman–Crippen MR) is 177 cm³/mol. The van der Waals surface area contributed by atoms with E-state index in [1.54, 1.807) is 37.4 Å². The molecule has 47 heavy (non-hydrogen) atoms. The minimum Gasteiger partial charge on any atom is -0.493 e. The molecular formula is C35H36FN5O5S. The number of nitrogens with zero attached hydrogens (tertiary/aromatic N) is 2. The summed E-state index contributed by atoms with van der Waals surface area (Å²) < 4.78 is 47.7. The van der Waals surface area contributed by atoms with E-state index in [4.69, 9.17) is 10.5 Å². The summed E-state index contributed by atoms with van der Waals surface area (Å²) in [5.74, 6) is 0.263. The van der Waals surface area contributed by atoms with Gasteiger partial charge in [-0.1, -0.05) is 6.07 Å². The second-order valence-electron chi connectivity index (χ2n) is 12.8. The Morgan fingerprint density at radius 1 is 1.00 bits per heavy atom. The number of halogens is 1. The molecule has 0 radical (unpaired) electrons. The zero-order chi connectivity index (χ0) is 32.9. The van der Waals surface area contributed by atoms with Crippen LogP contribution in [0.3, 0.4) is 0 Å². The number of aromatic nitrogens is 1.